The van der Waals surface area contributed by atoms with Crippen LogP contribution in [0.4, 0.5) is 0 Å². The van der Waals surface area contributed by atoms with Crippen LogP contribution in [-0.2, 0) is 14.6 Å². The average molecular weight is 485 g/mol. The monoisotopic (exact) mass is 484 g/mol. The molecule has 2 N–H and O–H groups in total. The second kappa shape index (κ2) is 9.27. The lowest BCUT2D eigenvalue weighted by atomic mass is 10.1. The Kier molecular flexibility index (Phi) is 6.40. The maximum Gasteiger partial charge on any atom is 0.253 e. The van der Waals surface area contributed by atoms with Crippen LogP contribution >= 0.6 is 0 Å². The summed E-state index contributed by atoms with van der Waals surface area (Å²) < 4.78 is 34.8. The minimum absolute atomic E-state index is 0.0588. The molecule has 1 unspecified atom stereocenters. The van der Waals surface area contributed by atoms with Gasteiger partial charge in [0.25, 0.3) is 5.91 Å². The molecule has 0 aliphatic carbocycles. The fourth-order valence-corrected chi connectivity index (χ4v) is 3.89. The zero-order valence-electron chi connectivity index (χ0n) is 18.8. The third-order valence-corrected chi connectivity index (χ3v) is 6.03. The second-order valence-electron chi connectivity index (χ2n) is 8.01. The number of aliphatic hydroxyl groups is 1. The van der Waals surface area contributed by atoms with Crippen LogP contribution in [0.15, 0.2) is 58.7 Å². The number of hydrogen-bond donors (Lipinski definition) is 2. The molecule has 1 aromatic carbocycles. The van der Waals surface area contributed by atoms with Crippen LogP contribution in [0.3, 0.4) is 0 Å². The highest BCUT2D eigenvalue weighted by molar-refractivity contribution is 7.90. The van der Waals surface area contributed by atoms with Gasteiger partial charge in [0, 0.05) is 37.2 Å². The number of aliphatic hydroxyl groups excluding tert-OH is 1. The first-order chi connectivity index (χ1) is 16.1. The smallest absolute Gasteiger partial charge is 0.253 e. The van der Waals surface area contributed by atoms with Crippen molar-refractivity contribution in [3.8, 4) is 22.8 Å². The van der Waals surface area contributed by atoms with E-state index in [9.17, 15) is 18.3 Å². The lowest BCUT2D eigenvalue weighted by molar-refractivity contribution is 0.0827. The van der Waals surface area contributed by atoms with Crippen molar-refractivity contribution >= 4 is 21.6 Å². The first kappa shape index (κ1) is 23.5. The Morgan fingerprint density at radius 1 is 1.18 bits per heavy atom. The molecule has 34 heavy (non-hydrogen) atoms. The molecule has 178 valence electrons. The molecule has 1 atom stereocenters. The summed E-state index contributed by atoms with van der Waals surface area (Å²) in [6.45, 7) is 0.271. The molecule has 0 radical (unpaired) electrons. The van der Waals surface area contributed by atoms with Gasteiger partial charge in [-0.2, -0.15) is 0 Å². The Balaban J connectivity index is 1.66. The van der Waals surface area contributed by atoms with Crippen LogP contribution < -0.4 is 4.74 Å². The molecule has 1 amide bonds. The van der Waals surface area contributed by atoms with E-state index in [1.54, 1.807) is 32.3 Å². The van der Waals surface area contributed by atoms with Crippen molar-refractivity contribution in [1.29, 1.82) is 0 Å². The van der Waals surface area contributed by atoms with Gasteiger partial charge in [-0.05, 0) is 42.5 Å². The maximum atomic E-state index is 12.7. The molecule has 3 aromatic rings. The van der Waals surface area contributed by atoms with E-state index in [-0.39, 0.29) is 23.6 Å². The van der Waals surface area contributed by atoms with Crippen molar-refractivity contribution < 1.29 is 27.8 Å². The fourth-order valence-electron chi connectivity index (χ4n) is 3.33. The number of rotatable bonds is 7. The summed E-state index contributed by atoms with van der Waals surface area (Å²) in [5, 5.41) is 9.20. The average Bonchev–Trinajstić information content (AvgIpc) is 3.47. The predicted molar refractivity (Wildman–Crippen MR) is 125 cm³/mol. The molecule has 1 aliphatic heterocycles. The van der Waals surface area contributed by atoms with Gasteiger partial charge in [-0.3, -0.25) is 4.79 Å². The Morgan fingerprint density at radius 3 is 2.56 bits per heavy atom. The van der Waals surface area contributed by atoms with Crippen molar-refractivity contribution in [3.63, 3.8) is 0 Å². The third kappa shape index (κ3) is 5.10. The summed E-state index contributed by atoms with van der Waals surface area (Å²) in [6.07, 6.45) is 2.04. The quantitative estimate of drug-likeness (QED) is 0.524. The summed E-state index contributed by atoms with van der Waals surface area (Å²) in [6, 6.07) is 11.6. The number of amides is 1. The van der Waals surface area contributed by atoms with E-state index in [1.165, 1.54) is 23.2 Å². The zero-order valence-corrected chi connectivity index (χ0v) is 19.7. The minimum atomic E-state index is -3.43. The Bertz CT molecular complexity index is 1350. The molecule has 0 spiro atoms. The molecule has 1 aliphatic rings. The number of nitrogens with zero attached hydrogens (tertiary/aromatic N) is 3. The van der Waals surface area contributed by atoms with Crippen LogP contribution in [0.1, 0.15) is 16.1 Å². The summed E-state index contributed by atoms with van der Waals surface area (Å²) in [4.78, 5) is 25.6. The molecular weight excluding hydrogens is 460 g/mol. The summed E-state index contributed by atoms with van der Waals surface area (Å²) >= 11 is 0. The van der Waals surface area contributed by atoms with Gasteiger partial charge in [-0.15, -0.1) is 0 Å². The van der Waals surface area contributed by atoms with E-state index in [0.29, 0.717) is 46.5 Å². The van der Waals surface area contributed by atoms with Crippen molar-refractivity contribution in [2.45, 2.75) is 11.1 Å². The Hall–Kier alpha value is -3.70. The van der Waals surface area contributed by atoms with E-state index in [0.717, 1.165) is 6.26 Å². The first-order valence-corrected chi connectivity index (χ1v) is 12.3. The van der Waals surface area contributed by atoms with Crippen LogP contribution in [0.25, 0.3) is 11.3 Å². The molecule has 3 heterocycles. The standard InChI is InChI=1S/C23H24N4O6S/c1-27(2)23(29)15-8-14(19-5-6-20(26-19)22-25-12-18(13-28)33-22)9-17(10-15)32-16-4-7-21(24-11-16)34(3,30)31/h4-11,18,26,28H,12-13H2,1-3H3. The van der Waals surface area contributed by atoms with Gasteiger partial charge in [-0.1, -0.05) is 0 Å². The van der Waals surface area contributed by atoms with Gasteiger partial charge in [-0.25, -0.2) is 18.4 Å². The molecule has 10 nitrogen and oxygen atoms in total. The highest BCUT2D eigenvalue weighted by Gasteiger charge is 2.22. The minimum Gasteiger partial charge on any atom is -0.469 e. The van der Waals surface area contributed by atoms with Crippen LogP contribution in [0.5, 0.6) is 11.5 Å². The maximum absolute atomic E-state index is 12.7. The van der Waals surface area contributed by atoms with Crippen molar-refractivity contribution in [1.82, 2.24) is 14.9 Å². The highest BCUT2D eigenvalue weighted by atomic mass is 32.2. The van der Waals surface area contributed by atoms with Crippen LogP contribution in [0, 0.1) is 0 Å². The number of aromatic amines is 1. The van der Waals surface area contributed by atoms with Crippen LogP contribution in [-0.4, -0.2) is 79.8 Å². The predicted octanol–water partition coefficient (Wildman–Crippen LogP) is 2.11. The van der Waals surface area contributed by atoms with Crippen molar-refractivity contribution in [2.24, 2.45) is 4.99 Å². The largest absolute Gasteiger partial charge is 0.469 e. The number of hydrogen-bond acceptors (Lipinski definition) is 8. The fraction of sp³-hybridized carbons (Fsp3) is 0.261. The number of benzene rings is 1. The van der Waals surface area contributed by atoms with Gasteiger partial charge >= 0.3 is 0 Å². The number of aromatic nitrogens is 2. The van der Waals surface area contributed by atoms with E-state index < -0.39 is 9.84 Å². The second-order valence-corrected chi connectivity index (χ2v) is 9.97. The molecular formula is C23H24N4O6S. The Labute approximate surface area is 196 Å². The van der Waals surface area contributed by atoms with E-state index >= 15 is 0 Å². The normalized spacial score (nSPS) is 15.5. The number of aliphatic imine (C=N–C) groups is 1. The summed E-state index contributed by atoms with van der Waals surface area (Å²) in [5.74, 6) is 0.906. The van der Waals surface area contributed by atoms with Crippen LogP contribution in [0.2, 0.25) is 0 Å². The van der Waals surface area contributed by atoms with Gasteiger partial charge in [0.05, 0.1) is 19.3 Å². The third-order valence-electron chi connectivity index (χ3n) is 5.03. The van der Waals surface area contributed by atoms with Gasteiger partial charge in [0.15, 0.2) is 14.9 Å². The number of sulfone groups is 1. The first-order valence-electron chi connectivity index (χ1n) is 10.4. The molecule has 2 aromatic heterocycles. The molecule has 0 fully saturated rings. The van der Waals surface area contributed by atoms with Crippen molar-refractivity contribution in [2.75, 3.05) is 33.5 Å². The number of H-pyrrole nitrogens is 1. The molecule has 0 bridgehead atoms. The molecule has 11 heteroatoms. The zero-order chi connectivity index (χ0) is 24.5. The number of pyridine rings is 1. The van der Waals surface area contributed by atoms with Gasteiger partial charge in [0.2, 0.25) is 5.90 Å². The topological polar surface area (TPSA) is 134 Å². The number of carbonyl (C=O) groups excluding carboxylic acids is 1. The summed E-state index contributed by atoms with van der Waals surface area (Å²) in [5.41, 5.74) is 2.45. The van der Waals surface area contributed by atoms with E-state index in [2.05, 4.69) is 15.0 Å². The van der Waals surface area contributed by atoms with E-state index in [4.69, 9.17) is 9.47 Å². The number of ether oxygens (including phenoxy) is 2. The lowest BCUT2D eigenvalue weighted by Crippen LogP contribution is -2.21. The highest BCUT2D eigenvalue weighted by Crippen LogP contribution is 2.30. The lowest BCUT2D eigenvalue weighted by Gasteiger charge is -2.14. The van der Waals surface area contributed by atoms with Gasteiger partial charge < -0.3 is 24.5 Å². The number of carbonyl (C=O) groups is 1. The van der Waals surface area contributed by atoms with Gasteiger partial charge in [0.1, 0.15) is 23.3 Å². The SMILES string of the molecule is CN(C)C(=O)c1cc(Oc2ccc(S(C)(=O)=O)nc2)cc(-c2ccc(C3=NCC(CO)O3)[nH]2)c1. The molecule has 0 saturated carbocycles. The number of nitrogens with one attached hydrogen (secondary N) is 1. The van der Waals surface area contributed by atoms with E-state index in [1.807, 2.05) is 12.1 Å². The summed E-state index contributed by atoms with van der Waals surface area (Å²) in [7, 11) is -0.115. The molecule has 0 saturated heterocycles. The molecule has 4 rings (SSSR count). The van der Waals surface area contributed by atoms with Crippen molar-refractivity contribution in [3.05, 3.63) is 59.9 Å². The Morgan fingerprint density at radius 2 is 1.94 bits per heavy atom.